The summed E-state index contributed by atoms with van der Waals surface area (Å²) >= 11 is 0. The monoisotopic (exact) mass is 325 g/mol. The fourth-order valence-electron chi connectivity index (χ4n) is 2.55. The van der Waals surface area contributed by atoms with Crippen molar-refractivity contribution in [1.82, 2.24) is 14.7 Å². The van der Waals surface area contributed by atoms with Crippen LogP contribution in [0.5, 0.6) is 11.5 Å². The Labute approximate surface area is 140 Å². The van der Waals surface area contributed by atoms with Crippen molar-refractivity contribution in [3.05, 3.63) is 59.5 Å². The number of ether oxygens (including phenoxy) is 2. The molecule has 0 saturated carbocycles. The van der Waals surface area contributed by atoms with Gasteiger partial charge in [-0.2, -0.15) is 0 Å². The molecule has 0 radical (unpaired) electrons. The molecular formula is C18H19N3O3. The van der Waals surface area contributed by atoms with E-state index in [0.717, 1.165) is 11.3 Å². The molecule has 1 N–H and O–H groups in total. The Morgan fingerprint density at radius 2 is 1.83 bits per heavy atom. The molecule has 0 saturated heterocycles. The summed E-state index contributed by atoms with van der Waals surface area (Å²) in [5.74, 6) is 1.33. The first-order valence-corrected chi connectivity index (χ1v) is 7.56. The average Bonchev–Trinajstić information content (AvgIpc) is 2.94. The minimum atomic E-state index is -0.166. The van der Waals surface area contributed by atoms with Crippen molar-refractivity contribution in [3.8, 4) is 11.5 Å². The number of carbonyl (C=O) groups is 1. The highest BCUT2D eigenvalue weighted by Gasteiger charge is 2.16. The van der Waals surface area contributed by atoms with E-state index in [4.69, 9.17) is 9.47 Å². The highest BCUT2D eigenvalue weighted by Crippen LogP contribution is 2.18. The molecule has 6 heteroatoms. The Morgan fingerprint density at radius 1 is 1.12 bits per heavy atom. The normalized spacial score (nSPS) is 10.6. The molecule has 124 valence electrons. The number of fused-ring (bicyclic) bond motifs is 1. The van der Waals surface area contributed by atoms with Crippen LogP contribution in [0.25, 0.3) is 5.65 Å². The number of hydrogen-bond acceptors (Lipinski definition) is 4. The largest absolute Gasteiger partial charge is 0.497 e. The van der Waals surface area contributed by atoms with E-state index in [-0.39, 0.29) is 5.91 Å². The highest BCUT2D eigenvalue weighted by molar-refractivity contribution is 5.94. The summed E-state index contributed by atoms with van der Waals surface area (Å²) < 4.78 is 12.1. The van der Waals surface area contributed by atoms with Gasteiger partial charge in [0.25, 0.3) is 5.91 Å². The molecule has 0 unspecified atom stereocenters. The number of carbonyl (C=O) groups excluding carboxylic acids is 1. The van der Waals surface area contributed by atoms with E-state index in [2.05, 4.69) is 10.3 Å². The topological polar surface area (TPSA) is 64.9 Å². The SMILES string of the molecule is COc1ccc(CNC(=O)c2c(C)nc3cc(OC)ccn23)cc1. The standard InChI is InChI=1S/C18H19N3O3/c1-12-17(21-9-8-15(24-3)10-16(21)20-12)18(22)19-11-13-4-6-14(23-2)7-5-13/h4-10H,11H2,1-3H3,(H,19,22). The van der Waals surface area contributed by atoms with E-state index in [0.29, 0.717) is 29.3 Å². The van der Waals surface area contributed by atoms with E-state index < -0.39 is 0 Å². The van der Waals surface area contributed by atoms with E-state index in [1.54, 1.807) is 36.9 Å². The van der Waals surface area contributed by atoms with Crippen LogP contribution in [-0.4, -0.2) is 29.5 Å². The van der Waals surface area contributed by atoms with Crippen LogP contribution >= 0.6 is 0 Å². The zero-order valence-corrected chi connectivity index (χ0v) is 13.9. The van der Waals surface area contributed by atoms with Crippen molar-refractivity contribution in [1.29, 1.82) is 0 Å². The van der Waals surface area contributed by atoms with E-state index in [9.17, 15) is 4.79 Å². The van der Waals surface area contributed by atoms with Gasteiger partial charge in [-0.25, -0.2) is 4.98 Å². The molecule has 1 aromatic carbocycles. The fourth-order valence-corrected chi connectivity index (χ4v) is 2.55. The number of hydrogen-bond donors (Lipinski definition) is 1. The summed E-state index contributed by atoms with van der Waals surface area (Å²) in [6, 6.07) is 11.2. The third kappa shape index (κ3) is 3.03. The number of pyridine rings is 1. The molecule has 1 amide bonds. The van der Waals surface area contributed by atoms with Crippen molar-refractivity contribution in [2.24, 2.45) is 0 Å². The van der Waals surface area contributed by atoms with E-state index in [1.165, 1.54) is 0 Å². The van der Waals surface area contributed by atoms with Gasteiger partial charge in [0.2, 0.25) is 0 Å². The van der Waals surface area contributed by atoms with Crippen LogP contribution in [0.1, 0.15) is 21.7 Å². The Hall–Kier alpha value is -3.02. The Morgan fingerprint density at radius 3 is 2.50 bits per heavy atom. The first kappa shape index (κ1) is 15.9. The summed E-state index contributed by atoms with van der Waals surface area (Å²) in [7, 11) is 3.23. The Balaban J connectivity index is 1.79. The zero-order valence-electron chi connectivity index (χ0n) is 13.9. The van der Waals surface area contributed by atoms with Gasteiger partial charge in [-0.15, -0.1) is 0 Å². The first-order chi connectivity index (χ1) is 11.6. The molecule has 0 aliphatic rings. The van der Waals surface area contributed by atoms with Crippen molar-refractivity contribution in [2.75, 3.05) is 14.2 Å². The van der Waals surface area contributed by atoms with Crippen LogP contribution in [-0.2, 0) is 6.54 Å². The molecule has 2 heterocycles. The van der Waals surface area contributed by atoms with Crippen molar-refractivity contribution in [2.45, 2.75) is 13.5 Å². The maximum absolute atomic E-state index is 12.6. The van der Waals surface area contributed by atoms with E-state index >= 15 is 0 Å². The molecule has 0 bridgehead atoms. The van der Waals surface area contributed by atoms with Gasteiger partial charge in [0, 0.05) is 18.8 Å². The Kier molecular flexibility index (Phi) is 4.37. The number of nitrogens with one attached hydrogen (secondary N) is 1. The van der Waals surface area contributed by atoms with Crippen LogP contribution in [0.4, 0.5) is 0 Å². The minimum absolute atomic E-state index is 0.166. The predicted octanol–water partition coefficient (Wildman–Crippen LogP) is 2.59. The maximum Gasteiger partial charge on any atom is 0.270 e. The highest BCUT2D eigenvalue weighted by atomic mass is 16.5. The second-order valence-electron chi connectivity index (χ2n) is 5.37. The lowest BCUT2D eigenvalue weighted by atomic mass is 10.2. The number of amides is 1. The predicted molar refractivity (Wildman–Crippen MR) is 90.6 cm³/mol. The lowest BCUT2D eigenvalue weighted by molar-refractivity contribution is 0.0944. The molecule has 0 aliphatic carbocycles. The molecule has 0 spiro atoms. The second-order valence-corrected chi connectivity index (χ2v) is 5.37. The molecular weight excluding hydrogens is 306 g/mol. The van der Waals surface area contributed by atoms with Gasteiger partial charge >= 0.3 is 0 Å². The van der Waals surface area contributed by atoms with E-state index in [1.807, 2.05) is 31.2 Å². The molecule has 3 aromatic rings. The van der Waals surface area contributed by atoms with Crippen LogP contribution in [0.3, 0.4) is 0 Å². The minimum Gasteiger partial charge on any atom is -0.497 e. The third-order valence-electron chi connectivity index (χ3n) is 3.83. The van der Waals surface area contributed by atoms with Gasteiger partial charge in [0.05, 0.1) is 19.9 Å². The fraction of sp³-hybridized carbons (Fsp3) is 0.222. The molecule has 0 atom stereocenters. The lowest BCUT2D eigenvalue weighted by Gasteiger charge is -2.07. The van der Waals surface area contributed by atoms with Gasteiger partial charge < -0.3 is 14.8 Å². The number of aryl methyl sites for hydroxylation is 1. The lowest BCUT2D eigenvalue weighted by Crippen LogP contribution is -2.24. The zero-order chi connectivity index (χ0) is 17.1. The van der Waals surface area contributed by atoms with Crippen molar-refractivity contribution < 1.29 is 14.3 Å². The van der Waals surface area contributed by atoms with Crippen molar-refractivity contribution >= 4 is 11.6 Å². The molecule has 24 heavy (non-hydrogen) atoms. The molecule has 2 aromatic heterocycles. The Bertz CT molecular complexity index is 869. The van der Waals surface area contributed by atoms with Crippen LogP contribution < -0.4 is 14.8 Å². The third-order valence-corrected chi connectivity index (χ3v) is 3.83. The summed E-state index contributed by atoms with van der Waals surface area (Å²) in [4.78, 5) is 17.0. The van der Waals surface area contributed by atoms with Crippen LogP contribution in [0, 0.1) is 6.92 Å². The van der Waals surface area contributed by atoms with Gasteiger partial charge in [-0.3, -0.25) is 9.20 Å². The van der Waals surface area contributed by atoms with Crippen LogP contribution in [0.2, 0.25) is 0 Å². The number of methoxy groups -OCH3 is 2. The number of rotatable bonds is 5. The number of benzene rings is 1. The number of aromatic nitrogens is 2. The second kappa shape index (κ2) is 6.62. The summed E-state index contributed by atoms with van der Waals surface area (Å²) in [5.41, 5.74) is 2.88. The summed E-state index contributed by atoms with van der Waals surface area (Å²) in [5, 5.41) is 2.93. The van der Waals surface area contributed by atoms with Crippen molar-refractivity contribution in [3.63, 3.8) is 0 Å². The average molecular weight is 325 g/mol. The summed E-state index contributed by atoms with van der Waals surface area (Å²) in [6.45, 7) is 2.26. The molecule has 3 rings (SSSR count). The summed E-state index contributed by atoms with van der Waals surface area (Å²) in [6.07, 6.45) is 1.79. The van der Waals surface area contributed by atoms with Crippen LogP contribution in [0.15, 0.2) is 42.6 Å². The number of imidazole rings is 1. The quantitative estimate of drug-likeness (QED) is 0.783. The molecule has 6 nitrogen and oxygen atoms in total. The van der Waals surface area contributed by atoms with Gasteiger partial charge in [-0.05, 0) is 30.7 Å². The maximum atomic E-state index is 12.6. The van der Waals surface area contributed by atoms with Gasteiger partial charge in [0.1, 0.15) is 22.8 Å². The van der Waals surface area contributed by atoms with Gasteiger partial charge in [-0.1, -0.05) is 12.1 Å². The molecule has 0 aliphatic heterocycles. The first-order valence-electron chi connectivity index (χ1n) is 7.56. The molecule has 0 fully saturated rings. The van der Waals surface area contributed by atoms with Gasteiger partial charge in [0.15, 0.2) is 0 Å². The number of nitrogens with zero attached hydrogens (tertiary/aromatic N) is 2. The smallest absolute Gasteiger partial charge is 0.270 e.